The molecule has 162 valence electrons. The Morgan fingerprint density at radius 3 is 1.52 bits per heavy atom. The molecule has 0 fully saturated rings. The molecule has 0 aromatic rings. The summed E-state index contributed by atoms with van der Waals surface area (Å²) in [5.74, 6) is -0.0168. The number of hydrogen-bond donors (Lipinski definition) is 0. The van der Waals surface area contributed by atoms with Gasteiger partial charge in [-0.25, -0.2) is 0 Å². The van der Waals surface area contributed by atoms with Gasteiger partial charge in [-0.3, -0.25) is 4.79 Å². The van der Waals surface area contributed by atoms with Crippen LogP contribution in [0.15, 0.2) is 0 Å². The van der Waals surface area contributed by atoms with Crippen molar-refractivity contribution in [3.8, 4) is 0 Å². The molecule has 0 aliphatic heterocycles. The van der Waals surface area contributed by atoms with Crippen LogP contribution in [0, 0.1) is 0 Å². The molecular formula is C24H49NO2. The van der Waals surface area contributed by atoms with E-state index in [9.17, 15) is 4.79 Å². The maximum absolute atomic E-state index is 11.7. The summed E-state index contributed by atoms with van der Waals surface area (Å²) < 4.78 is 5.34. The van der Waals surface area contributed by atoms with Crippen LogP contribution in [-0.4, -0.2) is 37.1 Å². The standard InChI is InChI=1S/C24H49NO2/c1-4-7-8-9-10-11-12-13-14-15-16-17-18-19-23-27-24(26)21-20-22-25(5-2)6-3/h4-23H2,1-3H3. The first-order valence-electron chi connectivity index (χ1n) is 12.1. The molecule has 0 saturated carbocycles. The number of carbonyl (C=O) groups excluding carboxylic acids is 1. The highest BCUT2D eigenvalue weighted by atomic mass is 16.5. The van der Waals surface area contributed by atoms with E-state index in [1.54, 1.807) is 0 Å². The van der Waals surface area contributed by atoms with Crippen LogP contribution >= 0.6 is 0 Å². The fraction of sp³-hybridized carbons (Fsp3) is 0.958. The summed E-state index contributed by atoms with van der Waals surface area (Å²) in [5, 5.41) is 0. The number of unbranched alkanes of at least 4 members (excludes halogenated alkanes) is 13. The highest BCUT2D eigenvalue weighted by Crippen LogP contribution is 2.13. The van der Waals surface area contributed by atoms with E-state index in [0.29, 0.717) is 13.0 Å². The average Bonchev–Trinajstić information content (AvgIpc) is 2.68. The maximum Gasteiger partial charge on any atom is 0.305 e. The van der Waals surface area contributed by atoms with Crippen molar-refractivity contribution >= 4 is 5.97 Å². The zero-order valence-electron chi connectivity index (χ0n) is 18.9. The second-order valence-electron chi connectivity index (χ2n) is 7.95. The van der Waals surface area contributed by atoms with Crippen molar-refractivity contribution in [1.29, 1.82) is 0 Å². The van der Waals surface area contributed by atoms with Gasteiger partial charge in [0.1, 0.15) is 0 Å². The van der Waals surface area contributed by atoms with Crippen LogP contribution < -0.4 is 0 Å². The van der Waals surface area contributed by atoms with Crippen LogP contribution in [0.5, 0.6) is 0 Å². The number of ether oxygens (including phenoxy) is 1. The average molecular weight is 384 g/mol. The molecule has 0 N–H and O–H groups in total. The predicted molar refractivity (Wildman–Crippen MR) is 118 cm³/mol. The minimum atomic E-state index is -0.0168. The molecule has 0 radical (unpaired) electrons. The lowest BCUT2D eigenvalue weighted by Crippen LogP contribution is -2.24. The molecule has 3 heteroatoms. The van der Waals surface area contributed by atoms with Crippen molar-refractivity contribution in [3.63, 3.8) is 0 Å². The third-order valence-electron chi connectivity index (χ3n) is 5.51. The van der Waals surface area contributed by atoms with Crippen molar-refractivity contribution in [1.82, 2.24) is 4.90 Å². The van der Waals surface area contributed by atoms with Gasteiger partial charge in [0.2, 0.25) is 0 Å². The molecule has 0 atom stereocenters. The van der Waals surface area contributed by atoms with Gasteiger partial charge in [-0.1, -0.05) is 104 Å². The smallest absolute Gasteiger partial charge is 0.305 e. The van der Waals surface area contributed by atoms with Gasteiger partial charge in [0.15, 0.2) is 0 Å². The van der Waals surface area contributed by atoms with Crippen molar-refractivity contribution < 1.29 is 9.53 Å². The van der Waals surface area contributed by atoms with Crippen molar-refractivity contribution in [2.24, 2.45) is 0 Å². The van der Waals surface area contributed by atoms with E-state index in [4.69, 9.17) is 4.74 Å². The third kappa shape index (κ3) is 20.0. The summed E-state index contributed by atoms with van der Waals surface area (Å²) in [5.41, 5.74) is 0. The van der Waals surface area contributed by atoms with Gasteiger partial charge in [0.25, 0.3) is 0 Å². The molecule has 0 amide bonds. The Labute approximate surface area is 170 Å². The van der Waals surface area contributed by atoms with Gasteiger partial charge in [-0.15, -0.1) is 0 Å². The number of nitrogens with zero attached hydrogens (tertiary/aromatic N) is 1. The molecule has 27 heavy (non-hydrogen) atoms. The summed E-state index contributed by atoms with van der Waals surface area (Å²) >= 11 is 0. The second kappa shape index (κ2) is 21.7. The van der Waals surface area contributed by atoms with Crippen LogP contribution in [-0.2, 0) is 9.53 Å². The second-order valence-corrected chi connectivity index (χ2v) is 7.95. The van der Waals surface area contributed by atoms with Crippen LogP contribution in [0.3, 0.4) is 0 Å². The molecular weight excluding hydrogens is 334 g/mol. The van der Waals surface area contributed by atoms with Gasteiger partial charge in [-0.2, -0.15) is 0 Å². The Hall–Kier alpha value is -0.570. The van der Waals surface area contributed by atoms with Gasteiger partial charge >= 0.3 is 5.97 Å². The maximum atomic E-state index is 11.7. The summed E-state index contributed by atoms with van der Waals surface area (Å²) in [6.45, 7) is 10.3. The minimum Gasteiger partial charge on any atom is -0.466 e. The van der Waals surface area contributed by atoms with Crippen molar-refractivity contribution in [2.45, 2.75) is 124 Å². The van der Waals surface area contributed by atoms with Crippen LogP contribution in [0.2, 0.25) is 0 Å². The van der Waals surface area contributed by atoms with E-state index >= 15 is 0 Å². The number of esters is 1. The molecule has 0 spiro atoms. The highest BCUT2D eigenvalue weighted by Gasteiger charge is 2.04. The van der Waals surface area contributed by atoms with Gasteiger partial charge in [0.05, 0.1) is 6.61 Å². The summed E-state index contributed by atoms with van der Waals surface area (Å²) in [4.78, 5) is 14.0. The summed E-state index contributed by atoms with van der Waals surface area (Å²) in [7, 11) is 0. The Kier molecular flexibility index (Phi) is 21.3. The van der Waals surface area contributed by atoms with E-state index < -0.39 is 0 Å². The fourth-order valence-electron chi connectivity index (χ4n) is 3.54. The Morgan fingerprint density at radius 1 is 0.630 bits per heavy atom. The largest absolute Gasteiger partial charge is 0.466 e. The Morgan fingerprint density at radius 2 is 1.07 bits per heavy atom. The quantitative estimate of drug-likeness (QED) is 0.156. The normalized spacial score (nSPS) is 11.3. The summed E-state index contributed by atoms with van der Waals surface area (Å²) in [6.07, 6.45) is 20.5. The predicted octanol–water partition coefficient (Wildman–Crippen LogP) is 7.13. The molecule has 0 aliphatic carbocycles. The van der Waals surface area contributed by atoms with E-state index in [1.165, 1.54) is 83.5 Å². The lowest BCUT2D eigenvalue weighted by atomic mass is 10.0. The van der Waals surface area contributed by atoms with Gasteiger partial charge < -0.3 is 9.64 Å². The fourth-order valence-corrected chi connectivity index (χ4v) is 3.54. The number of carbonyl (C=O) groups is 1. The van der Waals surface area contributed by atoms with E-state index in [1.807, 2.05) is 0 Å². The first-order valence-corrected chi connectivity index (χ1v) is 12.1. The van der Waals surface area contributed by atoms with E-state index in [-0.39, 0.29) is 5.97 Å². The van der Waals surface area contributed by atoms with Crippen molar-refractivity contribution in [2.75, 3.05) is 26.2 Å². The van der Waals surface area contributed by atoms with Crippen molar-refractivity contribution in [3.05, 3.63) is 0 Å². The first kappa shape index (κ1) is 26.4. The Balaban J connectivity index is 3.19. The molecule has 0 aliphatic rings. The Bertz CT molecular complexity index is 303. The zero-order chi connectivity index (χ0) is 20.0. The first-order chi connectivity index (χ1) is 13.2. The topological polar surface area (TPSA) is 29.5 Å². The molecule has 0 unspecified atom stereocenters. The van der Waals surface area contributed by atoms with E-state index in [2.05, 4.69) is 25.7 Å². The third-order valence-corrected chi connectivity index (χ3v) is 5.51. The lowest BCUT2D eigenvalue weighted by molar-refractivity contribution is -0.143. The highest BCUT2D eigenvalue weighted by molar-refractivity contribution is 5.69. The molecule has 0 rings (SSSR count). The molecule has 0 aromatic carbocycles. The van der Waals surface area contributed by atoms with Crippen LogP contribution in [0.25, 0.3) is 0 Å². The lowest BCUT2D eigenvalue weighted by Gasteiger charge is -2.17. The minimum absolute atomic E-state index is 0.0168. The SMILES string of the molecule is CCCCCCCCCCCCCCCCOC(=O)CCCN(CC)CC. The van der Waals surface area contributed by atoms with Gasteiger partial charge in [0, 0.05) is 6.42 Å². The number of rotatable bonds is 21. The summed E-state index contributed by atoms with van der Waals surface area (Å²) in [6, 6.07) is 0. The molecule has 0 saturated heterocycles. The van der Waals surface area contributed by atoms with Gasteiger partial charge in [-0.05, 0) is 32.5 Å². The van der Waals surface area contributed by atoms with Crippen LogP contribution in [0.1, 0.15) is 124 Å². The molecule has 0 bridgehead atoms. The molecule has 0 aromatic heterocycles. The monoisotopic (exact) mass is 383 g/mol. The van der Waals surface area contributed by atoms with E-state index in [0.717, 1.165) is 32.5 Å². The zero-order valence-corrected chi connectivity index (χ0v) is 18.9. The number of hydrogen-bond acceptors (Lipinski definition) is 3. The molecule has 0 heterocycles. The molecule has 3 nitrogen and oxygen atoms in total. The van der Waals surface area contributed by atoms with Crippen LogP contribution in [0.4, 0.5) is 0 Å².